The van der Waals surface area contributed by atoms with Crippen LogP contribution in [0.1, 0.15) is 55.3 Å². The van der Waals surface area contributed by atoms with E-state index in [-0.39, 0.29) is 5.56 Å². The lowest BCUT2D eigenvalue weighted by atomic mass is 9.92. The van der Waals surface area contributed by atoms with Crippen molar-refractivity contribution in [3.8, 4) is 11.3 Å². The molecule has 7 nitrogen and oxygen atoms in total. The lowest BCUT2D eigenvalue weighted by molar-refractivity contribution is 0.661. The molecule has 3 aromatic heterocycles. The highest BCUT2D eigenvalue weighted by Crippen LogP contribution is 2.33. The van der Waals surface area contributed by atoms with Gasteiger partial charge in [-0.05, 0) is 74.8 Å². The van der Waals surface area contributed by atoms with Crippen LogP contribution in [0.25, 0.3) is 22.2 Å². The van der Waals surface area contributed by atoms with Gasteiger partial charge < -0.3 is 10.6 Å². The van der Waals surface area contributed by atoms with Gasteiger partial charge in [-0.1, -0.05) is 25.0 Å². The number of rotatable bonds is 10. The van der Waals surface area contributed by atoms with E-state index in [4.69, 9.17) is 4.98 Å². The van der Waals surface area contributed by atoms with Crippen molar-refractivity contribution in [3.05, 3.63) is 76.0 Å². The number of aromatic nitrogens is 4. The Morgan fingerprint density at radius 3 is 2.46 bits per heavy atom. The van der Waals surface area contributed by atoms with Gasteiger partial charge in [-0.25, -0.2) is 4.98 Å². The molecule has 1 aliphatic carbocycles. The van der Waals surface area contributed by atoms with Gasteiger partial charge in [0.1, 0.15) is 0 Å². The zero-order valence-electron chi connectivity index (χ0n) is 21.9. The zero-order chi connectivity index (χ0) is 25.6. The first-order valence-electron chi connectivity index (χ1n) is 13.5. The maximum atomic E-state index is 12.4. The molecular formula is C30H36N6O. The average Bonchev–Trinajstić information content (AvgIpc) is 2.92. The monoisotopic (exact) mass is 496 g/mol. The van der Waals surface area contributed by atoms with Gasteiger partial charge in [-0.2, -0.15) is 0 Å². The molecule has 0 amide bonds. The fourth-order valence-corrected chi connectivity index (χ4v) is 5.12. The molecule has 0 saturated heterocycles. The second kappa shape index (κ2) is 11.5. The summed E-state index contributed by atoms with van der Waals surface area (Å²) in [6.45, 7) is 3.89. The highest BCUT2D eigenvalue weighted by atomic mass is 16.1. The van der Waals surface area contributed by atoms with E-state index in [1.807, 2.05) is 12.1 Å². The number of anilines is 2. The van der Waals surface area contributed by atoms with Gasteiger partial charge in [-0.15, -0.1) is 0 Å². The van der Waals surface area contributed by atoms with E-state index in [1.165, 1.54) is 40.7 Å². The van der Waals surface area contributed by atoms with E-state index in [1.54, 1.807) is 30.1 Å². The van der Waals surface area contributed by atoms with Crippen LogP contribution in [0, 0.1) is 6.92 Å². The average molecular weight is 497 g/mol. The van der Waals surface area contributed by atoms with Crippen LogP contribution in [0.15, 0.2) is 53.6 Å². The fourth-order valence-electron chi connectivity index (χ4n) is 5.12. The molecule has 0 bridgehead atoms. The molecule has 0 saturated carbocycles. The predicted octanol–water partition coefficient (Wildman–Crippen LogP) is 5.66. The number of fused-ring (bicyclic) bond motifs is 2. The molecule has 1 aliphatic rings. The molecule has 37 heavy (non-hydrogen) atoms. The number of benzene rings is 1. The Labute approximate surface area is 218 Å². The van der Waals surface area contributed by atoms with Crippen molar-refractivity contribution in [1.82, 2.24) is 19.5 Å². The molecule has 0 fully saturated rings. The van der Waals surface area contributed by atoms with Crippen LogP contribution in [0.3, 0.4) is 0 Å². The minimum absolute atomic E-state index is 0.0728. The first-order chi connectivity index (χ1) is 18.1. The Hall–Kier alpha value is -3.74. The normalized spacial score (nSPS) is 12.9. The third-order valence-corrected chi connectivity index (χ3v) is 7.22. The summed E-state index contributed by atoms with van der Waals surface area (Å²) in [5.41, 5.74) is 7.88. The Balaban J connectivity index is 1.12. The number of nitrogens with one attached hydrogen (secondary N) is 2. The number of pyridine rings is 2. The van der Waals surface area contributed by atoms with Crippen LogP contribution in [0.4, 0.5) is 11.6 Å². The van der Waals surface area contributed by atoms with Crippen molar-refractivity contribution < 1.29 is 0 Å². The van der Waals surface area contributed by atoms with E-state index in [9.17, 15) is 4.79 Å². The summed E-state index contributed by atoms with van der Waals surface area (Å²) in [6, 6.07) is 11.9. The van der Waals surface area contributed by atoms with Crippen LogP contribution in [0.5, 0.6) is 0 Å². The maximum Gasteiger partial charge on any atom is 0.255 e. The molecule has 0 spiro atoms. The van der Waals surface area contributed by atoms with Crippen LogP contribution in [-0.2, 0) is 19.9 Å². The highest BCUT2D eigenvalue weighted by Gasteiger charge is 2.18. The predicted molar refractivity (Wildman–Crippen MR) is 151 cm³/mol. The van der Waals surface area contributed by atoms with Crippen molar-refractivity contribution >= 4 is 22.5 Å². The van der Waals surface area contributed by atoms with Crippen molar-refractivity contribution in [2.75, 3.05) is 23.7 Å². The number of hydrogen-bond acceptors (Lipinski definition) is 6. The minimum atomic E-state index is -0.0728. The van der Waals surface area contributed by atoms with E-state index < -0.39 is 0 Å². The van der Waals surface area contributed by atoms with Gasteiger partial charge in [-0.3, -0.25) is 19.3 Å². The highest BCUT2D eigenvalue weighted by molar-refractivity contribution is 5.94. The molecule has 1 aromatic carbocycles. The number of aryl methyl sites for hydroxylation is 2. The smallest absolute Gasteiger partial charge is 0.255 e. The summed E-state index contributed by atoms with van der Waals surface area (Å²) in [6.07, 6.45) is 12.6. The number of unbranched alkanes of at least 4 members (excludes halogenated alkanes) is 3. The SMILES string of the molecule is Cc1ccc2c(NCCCCCCNc3nc(-c4ccncc4)cc(=O)n3C)c3c(nc2c1)CCCC3. The van der Waals surface area contributed by atoms with Gasteiger partial charge in [0.05, 0.1) is 11.2 Å². The second-order valence-corrected chi connectivity index (χ2v) is 10.0. The molecule has 4 aromatic rings. The van der Waals surface area contributed by atoms with Crippen molar-refractivity contribution in [3.63, 3.8) is 0 Å². The maximum absolute atomic E-state index is 12.4. The van der Waals surface area contributed by atoms with E-state index >= 15 is 0 Å². The standard InChI is InChI=1S/C30H36N6O/c1-21-11-12-24-27(19-21)34-25-10-6-5-9-23(25)29(24)32-15-7-3-4-8-16-33-30-35-26(20-28(37)36(30)2)22-13-17-31-18-14-22/h11-14,17-20H,3-10,15-16H2,1-2H3,(H,32,34)(H,33,35). The first-order valence-corrected chi connectivity index (χ1v) is 13.5. The Kier molecular flexibility index (Phi) is 7.78. The number of hydrogen-bond donors (Lipinski definition) is 2. The summed E-state index contributed by atoms with van der Waals surface area (Å²) in [5.74, 6) is 0.602. The molecule has 7 heteroatoms. The first kappa shape index (κ1) is 24.9. The van der Waals surface area contributed by atoms with Gasteiger partial charge in [0.15, 0.2) is 0 Å². The largest absolute Gasteiger partial charge is 0.384 e. The van der Waals surface area contributed by atoms with Gasteiger partial charge in [0.25, 0.3) is 5.56 Å². The topological polar surface area (TPSA) is 84.7 Å². The summed E-state index contributed by atoms with van der Waals surface area (Å²) in [4.78, 5) is 26.1. The second-order valence-electron chi connectivity index (χ2n) is 10.0. The Morgan fingerprint density at radius 2 is 1.65 bits per heavy atom. The van der Waals surface area contributed by atoms with Crippen molar-refractivity contribution in [2.24, 2.45) is 7.05 Å². The third-order valence-electron chi connectivity index (χ3n) is 7.22. The van der Waals surface area contributed by atoms with Crippen molar-refractivity contribution in [1.29, 1.82) is 0 Å². The van der Waals surface area contributed by atoms with Gasteiger partial charge >= 0.3 is 0 Å². The molecule has 5 rings (SSSR count). The molecule has 0 radical (unpaired) electrons. The minimum Gasteiger partial charge on any atom is -0.384 e. The fraction of sp³-hybridized carbons (Fsp3) is 0.400. The Morgan fingerprint density at radius 1 is 0.892 bits per heavy atom. The molecule has 0 aliphatic heterocycles. The van der Waals surface area contributed by atoms with Crippen molar-refractivity contribution in [2.45, 2.75) is 58.3 Å². The van der Waals surface area contributed by atoms with E-state index in [0.29, 0.717) is 11.6 Å². The third kappa shape index (κ3) is 5.82. The van der Waals surface area contributed by atoms with Gasteiger partial charge in [0.2, 0.25) is 5.95 Å². The summed E-state index contributed by atoms with van der Waals surface area (Å²) < 4.78 is 1.57. The van der Waals surface area contributed by atoms with E-state index in [0.717, 1.165) is 62.7 Å². The summed E-state index contributed by atoms with van der Waals surface area (Å²) in [5, 5.41) is 8.38. The van der Waals surface area contributed by atoms with Crippen LogP contribution >= 0.6 is 0 Å². The zero-order valence-corrected chi connectivity index (χ0v) is 21.9. The van der Waals surface area contributed by atoms with Crippen LogP contribution in [0.2, 0.25) is 0 Å². The molecule has 192 valence electrons. The van der Waals surface area contributed by atoms with Crippen LogP contribution < -0.4 is 16.2 Å². The molecule has 2 N–H and O–H groups in total. The van der Waals surface area contributed by atoms with Crippen LogP contribution in [-0.4, -0.2) is 32.6 Å². The molecule has 3 heterocycles. The molecule has 0 unspecified atom stereocenters. The van der Waals surface area contributed by atoms with E-state index in [2.05, 4.69) is 45.7 Å². The summed E-state index contributed by atoms with van der Waals surface area (Å²) in [7, 11) is 1.75. The lowest BCUT2D eigenvalue weighted by Crippen LogP contribution is -2.22. The number of nitrogens with zero attached hydrogens (tertiary/aromatic N) is 4. The summed E-state index contributed by atoms with van der Waals surface area (Å²) >= 11 is 0. The molecular weight excluding hydrogens is 460 g/mol. The van der Waals surface area contributed by atoms with Gasteiger partial charge in [0, 0.05) is 60.9 Å². The molecule has 0 atom stereocenters. The Bertz CT molecular complexity index is 1430. The quantitative estimate of drug-likeness (QED) is 0.276. The lowest BCUT2D eigenvalue weighted by Gasteiger charge is -2.22.